The van der Waals surface area contributed by atoms with Crippen LogP contribution in [0.4, 0.5) is 0 Å². The van der Waals surface area contributed by atoms with Crippen molar-refractivity contribution in [2.24, 2.45) is 5.92 Å². The van der Waals surface area contributed by atoms with Crippen LogP contribution in [0.3, 0.4) is 0 Å². The molecule has 2 rings (SSSR count). The van der Waals surface area contributed by atoms with Gasteiger partial charge in [0.25, 0.3) is 0 Å². The zero-order valence-electron chi connectivity index (χ0n) is 16.6. The molecule has 0 bridgehead atoms. The number of aryl methyl sites for hydroxylation is 3. The summed E-state index contributed by atoms with van der Waals surface area (Å²) in [6.07, 6.45) is 2.69. The van der Waals surface area contributed by atoms with Gasteiger partial charge in [-0.1, -0.05) is 18.6 Å². The predicted molar refractivity (Wildman–Crippen MR) is 110 cm³/mol. The highest BCUT2D eigenvalue weighted by Crippen LogP contribution is 2.28. The maximum atomic E-state index is 13.2. The number of allylic oxidation sites excluding steroid dienone is 1. The van der Waals surface area contributed by atoms with Crippen LogP contribution in [0.5, 0.6) is 0 Å². The van der Waals surface area contributed by atoms with Gasteiger partial charge in [-0.15, -0.1) is 5.92 Å². The monoisotopic (exact) mass is 361 g/mol. The van der Waals surface area contributed by atoms with Crippen molar-refractivity contribution in [1.82, 2.24) is 4.98 Å². The molecule has 0 radical (unpaired) electrons. The molecule has 140 valence electrons. The molecule has 0 saturated heterocycles. The van der Waals surface area contributed by atoms with Crippen LogP contribution >= 0.6 is 0 Å². The number of ketones is 1. The lowest BCUT2D eigenvalue weighted by Crippen LogP contribution is -2.21. The lowest BCUT2D eigenvalue weighted by Gasteiger charge is -2.19. The average molecular weight is 361 g/mol. The van der Waals surface area contributed by atoms with E-state index in [0.717, 1.165) is 33.5 Å². The Balaban J connectivity index is 2.30. The van der Waals surface area contributed by atoms with E-state index < -0.39 is 0 Å². The number of Topliss-reactive ketones (excluding diaryl/α,β-unsaturated/α-hetero) is 1. The largest absolute Gasteiger partial charge is 0.396 e. The molecule has 0 aliphatic heterocycles. The molecule has 0 amide bonds. The topological polar surface area (TPSA) is 50.2 Å². The van der Waals surface area contributed by atoms with Crippen LogP contribution in [0.1, 0.15) is 46.9 Å². The van der Waals surface area contributed by atoms with Gasteiger partial charge in [0.1, 0.15) is 0 Å². The smallest absolute Gasteiger partial charge is 0.166 e. The third-order valence-corrected chi connectivity index (χ3v) is 4.68. The van der Waals surface area contributed by atoms with Gasteiger partial charge in [0.15, 0.2) is 5.78 Å². The highest BCUT2D eigenvalue weighted by molar-refractivity contribution is 6.21. The Bertz CT molecular complexity index is 875. The van der Waals surface area contributed by atoms with E-state index in [-0.39, 0.29) is 18.3 Å². The minimum atomic E-state index is -0.341. The molecule has 0 aliphatic carbocycles. The van der Waals surface area contributed by atoms with Crippen LogP contribution in [0, 0.1) is 38.5 Å². The average Bonchev–Trinajstić information content (AvgIpc) is 2.62. The summed E-state index contributed by atoms with van der Waals surface area (Å²) in [5.74, 6) is 5.58. The Kier molecular flexibility index (Phi) is 7.10. The molecule has 1 heterocycles. The molecule has 0 saturated carbocycles. The summed E-state index contributed by atoms with van der Waals surface area (Å²) < 4.78 is 0. The van der Waals surface area contributed by atoms with Crippen molar-refractivity contribution in [1.29, 1.82) is 0 Å². The van der Waals surface area contributed by atoms with Gasteiger partial charge in [-0.3, -0.25) is 9.78 Å². The number of nitrogens with zero attached hydrogens (tertiary/aromatic N) is 1. The number of hydrogen-bond acceptors (Lipinski definition) is 3. The Hall–Kier alpha value is -2.70. The number of carbonyl (C=O) groups is 1. The highest BCUT2D eigenvalue weighted by Gasteiger charge is 2.24. The summed E-state index contributed by atoms with van der Waals surface area (Å²) >= 11 is 0. The van der Waals surface area contributed by atoms with E-state index in [0.29, 0.717) is 18.4 Å². The Morgan fingerprint density at radius 3 is 2.41 bits per heavy atom. The second-order valence-corrected chi connectivity index (χ2v) is 6.94. The van der Waals surface area contributed by atoms with Crippen LogP contribution in [-0.2, 0) is 11.2 Å². The number of pyridine rings is 1. The van der Waals surface area contributed by atoms with Gasteiger partial charge < -0.3 is 5.11 Å². The number of rotatable bonds is 7. The van der Waals surface area contributed by atoms with Crippen LogP contribution in [0.25, 0.3) is 5.57 Å². The van der Waals surface area contributed by atoms with Gasteiger partial charge in [-0.25, -0.2) is 0 Å². The molecule has 1 atom stereocenters. The van der Waals surface area contributed by atoms with Crippen molar-refractivity contribution in [2.75, 3.05) is 6.61 Å². The third kappa shape index (κ3) is 5.15. The van der Waals surface area contributed by atoms with E-state index in [2.05, 4.69) is 23.4 Å². The molecule has 3 heteroatoms. The van der Waals surface area contributed by atoms with E-state index in [1.165, 1.54) is 0 Å². The molecule has 1 unspecified atom stereocenters. The summed E-state index contributed by atoms with van der Waals surface area (Å²) in [5, 5.41) is 9.45. The first-order valence-electron chi connectivity index (χ1n) is 9.17. The fourth-order valence-electron chi connectivity index (χ4n) is 3.38. The molecule has 2 aromatic rings. The molecular weight excluding hydrogens is 334 g/mol. The molecule has 0 fully saturated rings. The highest BCUT2D eigenvalue weighted by atomic mass is 16.3. The second kappa shape index (κ2) is 9.30. The SMILES string of the molecule is C=C(C(=O)C(CCO)Cc1ccc(C)cn1)c1c(C)cc(C#CC)cc1C. The summed E-state index contributed by atoms with van der Waals surface area (Å²) in [5.41, 5.74) is 6.21. The molecule has 27 heavy (non-hydrogen) atoms. The third-order valence-electron chi connectivity index (χ3n) is 4.68. The van der Waals surface area contributed by atoms with Crippen molar-refractivity contribution in [3.05, 3.63) is 70.6 Å². The molecular formula is C24H27NO2. The summed E-state index contributed by atoms with van der Waals surface area (Å²) in [7, 11) is 0. The number of benzene rings is 1. The zero-order valence-corrected chi connectivity index (χ0v) is 16.6. The van der Waals surface area contributed by atoms with Crippen molar-refractivity contribution >= 4 is 11.4 Å². The minimum absolute atomic E-state index is 0.0352. The number of aliphatic hydroxyl groups is 1. The first-order chi connectivity index (χ1) is 12.9. The van der Waals surface area contributed by atoms with Crippen LogP contribution < -0.4 is 0 Å². The Morgan fingerprint density at radius 2 is 1.89 bits per heavy atom. The molecule has 3 nitrogen and oxygen atoms in total. The first-order valence-corrected chi connectivity index (χ1v) is 9.17. The number of aliphatic hydroxyl groups excluding tert-OH is 1. The molecule has 0 aliphatic rings. The molecule has 1 aromatic heterocycles. The van der Waals surface area contributed by atoms with Crippen LogP contribution in [-0.4, -0.2) is 22.5 Å². The maximum Gasteiger partial charge on any atom is 0.166 e. The van der Waals surface area contributed by atoms with E-state index in [1.807, 2.05) is 45.0 Å². The van der Waals surface area contributed by atoms with Crippen molar-refractivity contribution < 1.29 is 9.90 Å². The van der Waals surface area contributed by atoms with Gasteiger partial charge >= 0.3 is 0 Å². The summed E-state index contributed by atoms with van der Waals surface area (Å²) in [6.45, 7) is 11.8. The normalized spacial score (nSPS) is 11.4. The Labute approximate surface area is 162 Å². The molecule has 1 aromatic carbocycles. The lowest BCUT2D eigenvalue weighted by molar-refractivity contribution is -0.117. The van der Waals surface area contributed by atoms with Crippen LogP contribution in [0.15, 0.2) is 37.0 Å². The van der Waals surface area contributed by atoms with Crippen molar-refractivity contribution in [3.8, 4) is 11.8 Å². The fraction of sp³-hybridized carbons (Fsp3) is 0.333. The van der Waals surface area contributed by atoms with Gasteiger partial charge in [-0.2, -0.15) is 0 Å². The van der Waals surface area contributed by atoms with Gasteiger partial charge in [-0.05, 0) is 81.0 Å². The maximum absolute atomic E-state index is 13.2. The minimum Gasteiger partial charge on any atom is -0.396 e. The van der Waals surface area contributed by atoms with Gasteiger partial charge in [0.2, 0.25) is 0 Å². The van der Waals surface area contributed by atoms with Gasteiger partial charge in [0.05, 0.1) is 0 Å². The fourth-order valence-corrected chi connectivity index (χ4v) is 3.38. The number of hydrogen-bond donors (Lipinski definition) is 1. The van der Waals surface area contributed by atoms with E-state index >= 15 is 0 Å². The van der Waals surface area contributed by atoms with E-state index in [1.54, 1.807) is 13.1 Å². The zero-order chi connectivity index (χ0) is 20.0. The van der Waals surface area contributed by atoms with Crippen molar-refractivity contribution in [2.45, 2.75) is 40.5 Å². The number of carbonyl (C=O) groups excluding carboxylic acids is 1. The standard InChI is InChI=1S/C24H27NO2/c1-6-7-20-12-17(3)23(18(4)13-20)19(5)24(27)21(10-11-26)14-22-9-8-16(2)15-25-22/h8-9,12-13,15,21,26H,5,10-11,14H2,1-4H3. The predicted octanol–water partition coefficient (Wildman–Crippen LogP) is 4.20. The first kappa shape index (κ1) is 20.6. The van der Waals surface area contributed by atoms with Gasteiger partial charge in [0, 0.05) is 35.6 Å². The summed E-state index contributed by atoms with van der Waals surface area (Å²) in [4.78, 5) is 17.6. The van der Waals surface area contributed by atoms with Crippen molar-refractivity contribution in [3.63, 3.8) is 0 Å². The molecule has 0 spiro atoms. The number of aromatic nitrogens is 1. The molecule has 1 N–H and O–H groups in total. The lowest BCUT2D eigenvalue weighted by atomic mass is 9.85. The quantitative estimate of drug-likeness (QED) is 0.594. The second-order valence-electron chi connectivity index (χ2n) is 6.94. The van der Waals surface area contributed by atoms with E-state index in [4.69, 9.17) is 0 Å². The van der Waals surface area contributed by atoms with Crippen LogP contribution in [0.2, 0.25) is 0 Å². The summed E-state index contributed by atoms with van der Waals surface area (Å²) in [6, 6.07) is 7.89. The Morgan fingerprint density at radius 1 is 1.22 bits per heavy atom. The van der Waals surface area contributed by atoms with E-state index in [9.17, 15) is 9.90 Å².